The molecule has 6 heterocycles. The maximum Gasteiger partial charge on any atom is 0.347 e. The quantitative estimate of drug-likeness (QED) is 0.0815. The molecule has 3 aromatic carbocycles. The molecule has 0 saturated carbocycles. The lowest BCUT2D eigenvalue weighted by Crippen LogP contribution is -2.40. The number of carbonyl (C=O) groups is 4. The van der Waals surface area contributed by atoms with Gasteiger partial charge >= 0.3 is 11.9 Å². The lowest BCUT2D eigenvalue weighted by atomic mass is 9.72. The molecule has 18 nitrogen and oxygen atoms in total. The Morgan fingerprint density at radius 1 is 0.595 bits per heavy atom. The summed E-state index contributed by atoms with van der Waals surface area (Å²) in [5.74, 6) is -0.673. The molecule has 2 amide bonds. The number of fused-ring (bicyclic) bond motifs is 4. The third kappa shape index (κ3) is 13.8. The zero-order valence-electron chi connectivity index (χ0n) is 42.8. The van der Waals surface area contributed by atoms with E-state index in [0.717, 1.165) is 37.1 Å². The van der Waals surface area contributed by atoms with Gasteiger partial charge in [-0.2, -0.15) is 0 Å². The van der Waals surface area contributed by atoms with Crippen molar-refractivity contribution in [1.82, 2.24) is 39.8 Å². The average molecular weight is 1010 g/mol. The molecule has 0 fully saturated rings. The van der Waals surface area contributed by atoms with E-state index in [1.807, 2.05) is 21.8 Å². The summed E-state index contributed by atoms with van der Waals surface area (Å²) in [6.45, 7) is 10.3. The Bertz CT molecular complexity index is 2760. The molecule has 0 saturated heterocycles. The molecule has 0 radical (unpaired) electrons. The second-order valence-corrected chi connectivity index (χ2v) is 19.3. The second-order valence-electron chi connectivity index (χ2n) is 19.3. The molecule has 74 heavy (non-hydrogen) atoms. The maximum atomic E-state index is 15.4. The van der Waals surface area contributed by atoms with Crippen LogP contribution in [-0.2, 0) is 48.6 Å². The number of aryl methyl sites for hydroxylation is 4. The molecular weight excluding hydrogens is 945 g/mol. The monoisotopic (exact) mass is 1010 g/mol. The molecule has 1 atom stereocenters. The smallest absolute Gasteiger partial charge is 0.347 e. The van der Waals surface area contributed by atoms with Gasteiger partial charge in [-0.1, -0.05) is 41.8 Å². The number of nitrogens with zero attached hydrogens (tertiary/aromatic N) is 8. The van der Waals surface area contributed by atoms with Crippen molar-refractivity contribution in [3.8, 4) is 34.5 Å². The van der Waals surface area contributed by atoms with Gasteiger partial charge in [0.05, 0.1) is 38.8 Å². The molecule has 0 unspecified atom stereocenters. The van der Waals surface area contributed by atoms with E-state index in [0.29, 0.717) is 107 Å². The van der Waals surface area contributed by atoms with Gasteiger partial charge in [-0.15, -0.1) is 23.4 Å². The molecule has 9 bridgehead atoms. The normalized spacial score (nSPS) is 18.8. The lowest BCUT2D eigenvalue weighted by Gasteiger charge is -2.37. The molecule has 392 valence electrons. The molecule has 4 aliphatic rings. The molecular formula is C56H68N8O10. The first-order valence-electron chi connectivity index (χ1n) is 25.8. The minimum Gasteiger partial charge on any atom is -0.497 e. The topological polar surface area (TPSA) is 192 Å². The molecule has 2 aromatic heterocycles. The number of methoxy groups -OCH3 is 2. The van der Waals surface area contributed by atoms with Gasteiger partial charge in [-0.05, 0) is 106 Å². The summed E-state index contributed by atoms with van der Waals surface area (Å²) < 4.78 is 40.5. The number of hydrogen-bond acceptors (Lipinski definition) is 14. The Balaban J connectivity index is 1.37. The van der Waals surface area contributed by atoms with Crippen molar-refractivity contribution in [3.63, 3.8) is 0 Å². The van der Waals surface area contributed by atoms with E-state index in [9.17, 15) is 9.59 Å². The number of carbonyl (C=O) groups excluding carboxylic acids is 4. The predicted octanol–water partition coefficient (Wildman–Crippen LogP) is 8.70. The SMILES string of the molecule is C=CCCN1Cc2ccc(OC)cc2OC(=O)c2cc3c4cc2OCCCc2cn(nn2)CCCCC[C@](CCCCn2cc(nn2)CCCO3)(CC1=O)CC(=O)N(CCC=C)Cc1ccc(OC)cc1OC4=O. The Morgan fingerprint density at radius 2 is 1.05 bits per heavy atom. The number of rotatable bonds is 8. The number of benzene rings is 3. The van der Waals surface area contributed by atoms with Crippen molar-refractivity contribution in [2.75, 3.05) is 40.5 Å². The average Bonchev–Trinajstić information content (AvgIpc) is 4.06. The Morgan fingerprint density at radius 3 is 1.51 bits per heavy atom. The van der Waals surface area contributed by atoms with Crippen LogP contribution in [0.2, 0.25) is 0 Å². The molecule has 4 aliphatic heterocycles. The first kappa shape index (κ1) is 52.8. The number of ether oxygens (including phenoxy) is 6. The summed E-state index contributed by atoms with van der Waals surface area (Å²) in [5, 5.41) is 17.7. The van der Waals surface area contributed by atoms with E-state index in [4.69, 9.17) is 28.4 Å². The number of aromatic nitrogens is 6. The standard InChI is InChI=1S/C56H68N8O10/c1-5-7-24-61-36-40-18-20-44(69-3)30-48(40)73-54(67)46-33-51-47-32-50(46)71-28-14-16-42-38-63(59-57-42)26-12-9-10-22-56(34-52(61)65,23-11-13-27-64-39-43(58-60-64)17-15-29-72-51)35-53(66)62(25-8-6-2)37-41-19-21-45(70-4)31-49(41)74-55(47)68/h5-6,18-21,30-33,38-39H,1-2,7-17,22-29,34-37H2,3-4H3/t56-/m0/s1. The summed E-state index contributed by atoms with van der Waals surface area (Å²) in [6.07, 6.45) is 15.5. The zero-order valence-corrected chi connectivity index (χ0v) is 42.8. The third-order valence-corrected chi connectivity index (χ3v) is 13.9. The van der Waals surface area contributed by atoms with Crippen LogP contribution in [-0.4, -0.2) is 104 Å². The van der Waals surface area contributed by atoms with Crippen LogP contribution in [0.1, 0.15) is 127 Å². The Labute approximate surface area is 432 Å². The van der Waals surface area contributed by atoms with Gasteiger partial charge in [-0.25, -0.2) is 9.59 Å². The maximum absolute atomic E-state index is 15.4. The third-order valence-electron chi connectivity index (χ3n) is 13.9. The van der Waals surface area contributed by atoms with Gasteiger partial charge in [0, 0.05) is 87.8 Å². The number of esters is 2. The van der Waals surface area contributed by atoms with Gasteiger partial charge in [0.2, 0.25) is 11.8 Å². The van der Waals surface area contributed by atoms with Crippen LogP contribution in [0.5, 0.6) is 34.5 Å². The van der Waals surface area contributed by atoms with Crippen molar-refractivity contribution >= 4 is 23.8 Å². The minimum atomic E-state index is -0.808. The minimum absolute atomic E-state index is 0.0234. The highest BCUT2D eigenvalue weighted by Crippen LogP contribution is 2.42. The van der Waals surface area contributed by atoms with Crippen LogP contribution in [0.15, 0.2) is 86.2 Å². The van der Waals surface area contributed by atoms with Gasteiger partial charge in [-0.3, -0.25) is 19.0 Å². The van der Waals surface area contributed by atoms with Crippen LogP contribution in [0.3, 0.4) is 0 Å². The number of hydrogen-bond donors (Lipinski definition) is 0. The van der Waals surface area contributed by atoms with Gasteiger partial charge in [0.25, 0.3) is 0 Å². The molecule has 9 rings (SSSR count). The summed E-state index contributed by atoms with van der Waals surface area (Å²) in [6, 6.07) is 13.2. The molecule has 1 spiro atoms. The summed E-state index contributed by atoms with van der Waals surface area (Å²) in [7, 11) is 3.03. The van der Waals surface area contributed by atoms with Crippen LogP contribution >= 0.6 is 0 Å². The van der Waals surface area contributed by atoms with E-state index in [-0.39, 0.29) is 85.1 Å². The fourth-order valence-corrected chi connectivity index (χ4v) is 9.82. The second kappa shape index (κ2) is 25.4. The van der Waals surface area contributed by atoms with E-state index in [2.05, 4.69) is 33.8 Å². The first-order chi connectivity index (χ1) is 36.0. The van der Waals surface area contributed by atoms with Crippen LogP contribution in [0.25, 0.3) is 0 Å². The van der Waals surface area contributed by atoms with Gasteiger partial charge in [0.15, 0.2) is 0 Å². The summed E-state index contributed by atoms with van der Waals surface area (Å²) in [5.41, 5.74) is 1.79. The fraction of sp³-hybridized carbons (Fsp3) is 0.464. The van der Waals surface area contributed by atoms with Crippen LogP contribution in [0.4, 0.5) is 0 Å². The molecule has 0 aliphatic carbocycles. The molecule has 0 N–H and O–H groups in total. The largest absolute Gasteiger partial charge is 0.497 e. The van der Waals surface area contributed by atoms with Gasteiger partial charge < -0.3 is 38.2 Å². The van der Waals surface area contributed by atoms with E-state index in [1.54, 1.807) is 58.4 Å². The fourth-order valence-electron chi connectivity index (χ4n) is 9.82. The summed E-state index contributed by atoms with van der Waals surface area (Å²) >= 11 is 0. The van der Waals surface area contributed by atoms with Crippen molar-refractivity contribution < 1.29 is 47.6 Å². The Kier molecular flexibility index (Phi) is 18.2. The van der Waals surface area contributed by atoms with Crippen LogP contribution < -0.4 is 28.4 Å². The lowest BCUT2D eigenvalue weighted by molar-refractivity contribution is -0.139. The molecule has 18 heteroatoms. The molecule has 5 aromatic rings. The zero-order chi connectivity index (χ0) is 51.9. The van der Waals surface area contributed by atoms with E-state index < -0.39 is 17.4 Å². The van der Waals surface area contributed by atoms with Gasteiger partial charge in [0.1, 0.15) is 45.6 Å². The first-order valence-corrected chi connectivity index (χ1v) is 25.8. The predicted molar refractivity (Wildman–Crippen MR) is 274 cm³/mol. The highest BCUT2D eigenvalue weighted by molar-refractivity contribution is 6.00. The van der Waals surface area contributed by atoms with Crippen LogP contribution in [0, 0.1) is 5.41 Å². The van der Waals surface area contributed by atoms with Crippen molar-refractivity contribution in [3.05, 3.63) is 120 Å². The highest BCUT2D eigenvalue weighted by atomic mass is 16.5. The van der Waals surface area contributed by atoms with Crippen molar-refractivity contribution in [2.45, 2.75) is 122 Å². The number of amides is 2. The van der Waals surface area contributed by atoms with E-state index in [1.165, 1.54) is 26.4 Å². The highest BCUT2D eigenvalue weighted by Gasteiger charge is 2.38. The summed E-state index contributed by atoms with van der Waals surface area (Å²) in [4.78, 5) is 64.1. The Hall–Kier alpha value is -7.50. The van der Waals surface area contributed by atoms with Crippen molar-refractivity contribution in [1.29, 1.82) is 0 Å². The van der Waals surface area contributed by atoms with E-state index >= 15 is 9.59 Å². The van der Waals surface area contributed by atoms with Crippen molar-refractivity contribution in [2.24, 2.45) is 5.41 Å².